The third-order valence-corrected chi connectivity index (χ3v) is 6.88. The third-order valence-electron chi connectivity index (χ3n) is 6.88. The fraction of sp³-hybridized carbons (Fsp3) is 0.522. The molecule has 0 bridgehead atoms. The molecule has 8 nitrogen and oxygen atoms in total. The number of pyridine rings is 1. The van der Waals surface area contributed by atoms with E-state index in [4.69, 9.17) is 4.98 Å². The van der Waals surface area contributed by atoms with Crippen LogP contribution in [0, 0.1) is 0 Å². The average Bonchev–Trinajstić information content (AvgIpc) is 3.41. The lowest BCUT2D eigenvalue weighted by atomic mass is 9.93. The quantitative estimate of drug-likeness (QED) is 0.706. The van der Waals surface area contributed by atoms with E-state index < -0.39 is 0 Å². The summed E-state index contributed by atoms with van der Waals surface area (Å²) in [4.78, 5) is 22.6. The third kappa shape index (κ3) is 3.69. The number of piperidine rings is 2. The van der Waals surface area contributed by atoms with Gasteiger partial charge in [0.05, 0.1) is 11.6 Å². The Morgan fingerprint density at radius 2 is 1.97 bits per heavy atom. The smallest absolute Gasteiger partial charge is 0.326 e. The van der Waals surface area contributed by atoms with Gasteiger partial charge in [-0.15, -0.1) is 0 Å². The highest BCUT2D eigenvalue weighted by atomic mass is 16.2. The molecule has 1 atom stereocenters. The summed E-state index contributed by atoms with van der Waals surface area (Å²) in [5.41, 5.74) is 2.28. The van der Waals surface area contributed by atoms with E-state index in [1.54, 1.807) is 0 Å². The minimum atomic E-state index is 0.0818. The van der Waals surface area contributed by atoms with Crippen molar-refractivity contribution in [3.8, 4) is 0 Å². The summed E-state index contributed by atoms with van der Waals surface area (Å²) in [7, 11) is 4.02. The Bertz CT molecular complexity index is 1060. The normalized spacial score (nSPS) is 20.3. The zero-order chi connectivity index (χ0) is 21.4. The van der Waals surface area contributed by atoms with Crippen molar-refractivity contribution in [2.45, 2.75) is 37.6 Å². The van der Waals surface area contributed by atoms with Gasteiger partial charge in [0.15, 0.2) is 5.82 Å². The zero-order valence-electron chi connectivity index (χ0n) is 18.4. The van der Waals surface area contributed by atoms with Gasteiger partial charge in [-0.1, -0.05) is 0 Å². The van der Waals surface area contributed by atoms with Crippen molar-refractivity contribution >= 4 is 22.8 Å². The monoisotopic (exact) mass is 421 g/mol. The molecule has 0 radical (unpaired) electrons. The summed E-state index contributed by atoms with van der Waals surface area (Å²) in [5, 5.41) is 8.91. The minimum absolute atomic E-state index is 0.0818. The van der Waals surface area contributed by atoms with Crippen LogP contribution in [0.2, 0.25) is 0 Å². The maximum atomic E-state index is 13.9. The van der Waals surface area contributed by atoms with Crippen LogP contribution in [0.3, 0.4) is 0 Å². The highest BCUT2D eigenvalue weighted by molar-refractivity contribution is 6.00. The number of aromatic nitrogens is 4. The molecule has 2 aliphatic rings. The first kappa shape index (κ1) is 20.1. The molecule has 0 saturated carbocycles. The summed E-state index contributed by atoms with van der Waals surface area (Å²) in [6.07, 6.45) is 9.71. The van der Waals surface area contributed by atoms with Gasteiger partial charge in [-0.2, -0.15) is 5.10 Å². The topological polar surface area (TPSA) is 71.2 Å². The van der Waals surface area contributed by atoms with Crippen LogP contribution in [-0.4, -0.2) is 62.5 Å². The molecule has 0 spiro atoms. The first-order chi connectivity index (χ1) is 15.1. The number of nitrogens with one attached hydrogen (secondary N) is 1. The van der Waals surface area contributed by atoms with Gasteiger partial charge in [0, 0.05) is 69.3 Å². The summed E-state index contributed by atoms with van der Waals surface area (Å²) in [6, 6.07) is 6.39. The summed E-state index contributed by atoms with van der Waals surface area (Å²) < 4.78 is 4.03. The first-order valence-corrected chi connectivity index (χ1v) is 11.3. The largest absolute Gasteiger partial charge is 0.348 e. The van der Waals surface area contributed by atoms with Crippen molar-refractivity contribution in [2.75, 3.05) is 31.1 Å². The number of anilines is 1. The number of rotatable bonds is 3. The molecule has 0 unspecified atom stereocenters. The van der Waals surface area contributed by atoms with Crippen molar-refractivity contribution in [3.05, 3.63) is 42.5 Å². The van der Waals surface area contributed by atoms with Crippen molar-refractivity contribution in [2.24, 2.45) is 14.1 Å². The SMILES string of the molecule is Cn1nccc1C1CCN(C(=O)N(c2nccc3ccn(C)c23)[C@@H]2CCCNC2)CC1. The summed E-state index contributed by atoms with van der Waals surface area (Å²) in [6.45, 7) is 3.33. The van der Waals surface area contributed by atoms with Crippen LogP contribution in [0.1, 0.15) is 37.3 Å². The van der Waals surface area contributed by atoms with Crippen LogP contribution in [0.15, 0.2) is 36.8 Å². The van der Waals surface area contributed by atoms with Crippen molar-refractivity contribution in [3.63, 3.8) is 0 Å². The van der Waals surface area contributed by atoms with E-state index in [1.807, 2.05) is 53.2 Å². The standard InChI is InChI=1S/C23H31N7O/c1-27-13-7-18-5-11-25-22(21(18)27)30(19-4-3-10-24-16-19)23(31)29-14-8-17(9-15-29)20-6-12-26-28(20)2/h5-7,11-13,17,19,24H,3-4,8-10,14-16H2,1-2H3/t19-/m1/s1. The van der Waals surface area contributed by atoms with Crippen LogP contribution in [0.4, 0.5) is 10.6 Å². The first-order valence-electron chi connectivity index (χ1n) is 11.3. The molecule has 5 heterocycles. The molecular formula is C23H31N7O. The molecule has 5 rings (SSSR count). The molecule has 31 heavy (non-hydrogen) atoms. The number of carbonyl (C=O) groups is 1. The van der Waals surface area contributed by atoms with E-state index in [0.717, 1.165) is 68.6 Å². The van der Waals surface area contributed by atoms with Crippen LogP contribution in [0.25, 0.3) is 10.9 Å². The van der Waals surface area contributed by atoms with E-state index >= 15 is 0 Å². The molecule has 2 aliphatic heterocycles. The lowest BCUT2D eigenvalue weighted by molar-refractivity contribution is 0.183. The number of aryl methyl sites for hydroxylation is 2. The van der Waals surface area contributed by atoms with Gasteiger partial charge in [0.2, 0.25) is 0 Å². The number of carbonyl (C=O) groups excluding carboxylic acids is 1. The lowest BCUT2D eigenvalue weighted by Crippen LogP contribution is -2.55. The van der Waals surface area contributed by atoms with Crippen LogP contribution < -0.4 is 10.2 Å². The molecule has 0 aliphatic carbocycles. The number of amides is 2. The number of urea groups is 1. The maximum Gasteiger partial charge on any atom is 0.326 e. The van der Waals surface area contributed by atoms with E-state index in [0.29, 0.717) is 5.92 Å². The predicted octanol–water partition coefficient (Wildman–Crippen LogP) is 2.86. The van der Waals surface area contributed by atoms with E-state index in [-0.39, 0.29) is 12.1 Å². The Morgan fingerprint density at radius 1 is 1.13 bits per heavy atom. The van der Waals surface area contributed by atoms with E-state index in [9.17, 15) is 4.79 Å². The second-order valence-corrected chi connectivity index (χ2v) is 8.79. The molecule has 2 saturated heterocycles. The van der Waals surface area contributed by atoms with Gasteiger partial charge in [0.1, 0.15) is 0 Å². The Balaban J connectivity index is 1.42. The number of hydrogen-bond donors (Lipinski definition) is 1. The number of fused-ring (bicyclic) bond motifs is 1. The Morgan fingerprint density at radius 3 is 2.68 bits per heavy atom. The number of likely N-dealkylation sites (tertiary alicyclic amines) is 1. The molecule has 2 fully saturated rings. The molecule has 2 amide bonds. The Hall–Kier alpha value is -2.87. The lowest BCUT2D eigenvalue weighted by Gasteiger charge is -2.40. The Kier molecular flexibility index (Phi) is 5.40. The van der Waals surface area contributed by atoms with Crippen molar-refractivity contribution in [1.29, 1.82) is 0 Å². The van der Waals surface area contributed by atoms with Gasteiger partial charge in [-0.3, -0.25) is 9.58 Å². The molecular weight excluding hydrogens is 390 g/mol. The Labute approximate surface area is 182 Å². The van der Waals surface area contributed by atoms with Gasteiger partial charge < -0.3 is 14.8 Å². The molecule has 164 valence electrons. The fourth-order valence-corrected chi connectivity index (χ4v) is 5.17. The molecule has 3 aromatic rings. The van der Waals surface area contributed by atoms with E-state index in [1.165, 1.54) is 5.69 Å². The minimum Gasteiger partial charge on any atom is -0.348 e. The molecule has 1 N–H and O–H groups in total. The molecule has 0 aromatic carbocycles. The second-order valence-electron chi connectivity index (χ2n) is 8.79. The van der Waals surface area contributed by atoms with Gasteiger partial charge in [0.25, 0.3) is 0 Å². The second kappa shape index (κ2) is 8.34. The van der Waals surface area contributed by atoms with Crippen LogP contribution in [0.5, 0.6) is 0 Å². The highest BCUT2D eigenvalue weighted by Crippen LogP contribution is 2.32. The van der Waals surface area contributed by atoms with Gasteiger partial charge >= 0.3 is 6.03 Å². The average molecular weight is 422 g/mol. The number of hydrogen-bond acceptors (Lipinski definition) is 4. The summed E-state index contributed by atoms with van der Waals surface area (Å²) >= 11 is 0. The van der Waals surface area contributed by atoms with E-state index in [2.05, 4.69) is 27.1 Å². The van der Waals surface area contributed by atoms with Crippen LogP contribution >= 0.6 is 0 Å². The molecule has 3 aromatic heterocycles. The highest BCUT2D eigenvalue weighted by Gasteiger charge is 2.35. The number of nitrogens with zero attached hydrogens (tertiary/aromatic N) is 6. The van der Waals surface area contributed by atoms with Crippen molar-refractivity contribution in [1.82, 2.24) is 29.5 Å². The fourth-order valence-electron chi connectivity index (χ4n) is 5.17. The van der Waals surface area contributed by atoms with Gasteiger partial charge in [-0.05, 0) is 50.4 Å². The van der Waals surface area contributed by atoms with Crippen molar-refractivity contribution < 1.29 is 4.79 Å². The van der Waals surface area contributed by atoms with Gasteiger partial charge in [-0.25, -0.2) is 9.78 Å². The zero-order valence-corrected chi connectivity index (χ0v) is 18.4. The van der Waals surface area contributed by atoms with Crippen LogP contribution in [-0.2, 0) is 14.1 Å². The summed E-state index contributed by atoms with van der Waals surface area (Å²) in [5.74, 6) is 1.23. The molecule has 8 heteroatoms. The maximum absolute atomic E-state index is 13.9. The predicted molar refractivity (Wildman–Crippen MR) is 121 cm³/mol.